The fourth-order valence-corrected chi connectivity index (χ4v) is 4.03. The number of rotatable bonds is 9. The molecule has 170 valence electrons. The van der Waals surface area contributed by atoms with E-state index in [4.69, 9.17) is 18.7 Å². The highest BCUT2D eigenvalue weighted by Crippen LogP contribution is 2.28. The summed E-state index contributed by atoms with van der Waals surface area (Å²) in [6, 6.07) is 2.26. The van der Waals surface area contributed by atoms with Gasteiger partial charge in [0.15, 0.2) is 12.1 Å². The summed E-state index contributed by atoms with van der Waals surface area (Å²) in [6.07, 6.45) is 5.19. The lowest BCUT2D eigenvalue weighted by molar-refractivity contribution is -0.170. The van der Waals surface area contributed by atoms with Crippen LogP contribution < -0.4 is 0 Å². The third kappa shape index (κ3) is 5.69. The average molecular weight is 423 g/mol. The fourth-order valence-electron chi connectivity index (χ4n) is 4.03. The van der Waals surface area contributed by atoms with E-state index in [0.717, 1.165) is 57.6 Å². The van der Waals surface area contributed by atoms with Gasteiger partial charge in [-0.3, -0.25) is 9.69 Å². The molecule has 3 rings (SSSR count). The first-order valence-corrected chi connectivity index (χ1v) is 11.2. The highest BCUT2D eigenvalue weighted by Gasteiger charge is 2.37. The molecule has 0 spiro atoms. The maximum atomic E-state index is 13.1. The molecule has 2 aliphatic heterocycles. The number of ketones is 1. The minimum absolute atomic E-state index is 0.129. The monoisotopic (exact) mass is 422 g/mol. The SMILES string of the molecule is CN(C1CCOCC1)C(C)(C)C(=O)Cc1cc(C(C)(C)COC2CCCCO2)no1. The van der Waals surface area contributed by atoms with Gasteiger partial charge >= 0.3 is 0 Å². The van der Waals surface area contributed by atoms with Gasteiger partial charge in [0, 0.05) is 37.3 Å². The molecule has 3 heterocycles. The number of nitrogens with zero attached hydrogens (tertiary/aromatic N) is 2. The number of likely N-dealkylation sites (N-methyl/N-ethyl adjacent to an activating group) is 1. The van der Waals surface area contributed by atoms with Crippen molar-refractivity contribution in [3.05, 3.63) is 17.5 Å². The van der Waals surface area contributed by atoms with Crippen LogP contribution in [-0.2, 0) is 30.8 Å². The summed E-state index contributed by atoms with van der Waals surface area (Å²) in [6.45, 7) is 10.9. The van der Waals surface area contributed by atoms with Crippen LogP contribution in [0.2, 0.25) is 0 Å². The second-order valence-electron chi connectivity index (χ2n) is 9.78. The van der Waals surface area contributed by atoms with E-state index >= 15 is 0 Å². The third-order valence-corrected chi connectivity index (χ3v) is 6.66. The maximum absolute atomic E-state index is 13.1. The van der Waals surface area contributed by atoms with E-state index in [2.05, 4.69) is 23.9 Å². The molecule has 1 aromatic rings. The van der Waals surface area contributed by atoms with Crippen LogP contribution in [0.3, 0.4) is 0 Å². The Labute approximate surface area is 180 Å². The van der Waals surface area contributed by atoms with Gasteiger partial charge in [-0.05, 0) is 53.0 Å². The van der Waals surface area contributed by atoms with Crippen molar-refractivity contribution < 1.29 is 23.5 Å². The maximum Gasteiger partial charge on any atom is 0.160 e. The van der Waals surface area contributed by atoms with Gasteiger partial charge in [-0.1, -0.05) is 19.0 Å². The summed E-state index contributed by atoms with van der Waals surface area (Å²) < 4.78 is 22.6. The molecule has 7 nitrogen and oxygen atoms in total. The van der Waals surface area contributed by atoms with Gasteiger partial charge in [-0.15, -0.1) is 0 Å². The third-order valence-electron chi connectivity index (χ3n) is 6.66. The van der Waals surface area contributed by atoms with Gasteiger partial charge in [0.1, 0.15) is 5.76 Å². The molecular weight excluding hydrogens is 384 g/mol. The van der Waals surface area contributed by atoms with E-state index < -0.39 is 5.54 Å². The lowest BCUT2D eigenvalue weighted by Gasteiger charge is -2.41. The molecule has 0 radical (unpaired) electrons. The van der Waals surface area contributed by atoms with Crippen LogP contribution in [0.1, 0.15) is 71.3 Å². The summed E-state index contributed by atoms with van der Waals surface area (Å²) in [7, 11) is 2.04. The van der Waals surface area contributed by atoms with Gasteiger partial charge in [0.25, 0.3) is 0 Å². The second-order valence-corrected chi connectivity index (χ2v) is 9.78. The Bertz CT molecular complexity index is 688. The highest BCUT2D eigenvalue weighted by molar-refractivity contribution is 5.89. The van der Waals surface area contributed by atoms with E-state index in [1.807, 2.05) is 27.0 Å². The largest absolute Gasteiger partial charge is 0.381 e. The van der Waals surface area contributed by atoms with Crippen LogP contribution >= 0.6 is 0 Å². The number of Topliss-reactive ketones (excluding diaryl/α,β-unsaturated/α-hetero) is 1. The van der Waals surface area contributed by atoms with Gasteiger partial charge < -0.3 is 18.7 Å². The summed E-state index contributed by atoms with van der Waals surface area (Å²) in [5.74, 6) is 0.731. The number of hydrogen-bond donors (Lipinski definition) is 0. The Balaban J connectivity index is 1.57. The summed E-state index contributed by atoms with van der Waals surface area (Å²) in [5.41, 5.74) is -0.0944. The molecule has 0 bridgehead atoms. The normalized spacial score (nSPS) is 21.9. The quantitative estimate of drug-likeness (QED) is 0.603. The van der Waals surface area contributed by atoms with Crippen molar-refractivity contribution in [2.75, 3.05) is 33.5 Å². The van der Waals surface area contributed by atoms with Crippen LogP contribution in [0, 0.1) is 0 Å². The first-order valence-electron chi connectivity index (χ1n) is 11.2. The van der Waals surface area contributed by atoms with E-state index in [0.29, 0.717) is 18.4 Å². The van der Waals surface area contributed by atoms with Crippen molar-refractivity contribution >= 4 is 5.78 Å². The van der Waals surface area contributed by atoms with Crippen LogP contribution in [-0.4, -0.2) is 67.2 Å². The highest BCUT2D eigenvalue weighted by atomic mass is 16.7. The van der Waals surface area contributed by atoms with Crippen molar-refractivity contribution in [1.82, 2.24) is 10.1 Å². The van der Waals surface area contributed by atoms with E-state index in [9.17, 15) is 4.79 Å². The van der Waals surface area contributed by atoms with Gasteiger partial charge in [-0.25, -0.2) is 0 Å². The number of carbonyl (C=O) groups is 1. The topological polar surface area (TPSA) is 74.0 Å². The minimum Gasteiger partial charge on any atom is -0.381 e. The molecule has 1 unspecified atom stereocenters. The van der Waals surface area contributed by atoms with Gasteiger partial charge in [0.05, 0.1) is 24.3 Å². The Morgan fingerprint density at radius 3 is 2.57 bits per heavy atom. The number of ether oxygens (including phenoxy) is 3. The van der Waals surface area contributed by atoms with E-state index in [1.54, 1.807) is 0 Å². The summed E-state index contributed by atoms with van der Waals surface area (Å²) in [5, 5.41) is 4.24. The van der Waals surface area contributed by atoms with Crippen molar-refractivity contribution in [3.8, 4) is 0 Å². The zero-order valence-electron chi connectivity index (χ0n) is 19.2. The number of carbonyl (C=O) groups excluding carboxylic acids is 1. The molecular formula is C23H38N2O5. The van der Waals surface area contributed by atoms with Gasteiger partial charge in [-0.2, -0.15) is 0 Å². The molecule has 2 saturated heterocycles. The predicted octanol–water partition coefficient (Wildman–Crippen LogP) is 3.50. The predicted molar refractivity (Wildman–Crippen MR) is 113 cm³/mol. The lowest BCUT2D eigenvalue weighted by atomic mass is 9.88. The number of aromatic nitrogens is 1. The second kappa shape index (κ2) is 9.90. The Morgan fingerprint density at radius 1 is 1.17 bits per heavy atom. The van der Waals surface area contributed by atoms with Crippen molar-refractivity contribution in [1.29, 1.82) is 0 Å². The molecule has 0 saturated carbocycles. The molecule has 0 aromatic carbocycles. The number of hydrogen-bond acceptors (Lipinski definition) is 7. The van der Waals surface area contributed by atoms with Crippen molar-refractivity contribution in [2.24, 2.45) is 0 Å². The Morgan fingerprint density at radius 2 is 1.90 bits per heavy atom. The van der Waals surface area contributed by atoms with E-state index in [-0.39, 0.29) is 23.9 Å². The first kappa shape index (κ1) is 23.4. The zero-order chi connectivity index (χ0) is 21.8. The van der Waals surface area contributed by atoms with Crippen LogP contribution in [0.4, 0.5) is 0 Å². The standard InChI is InChI=1S/C23H38N2O5/c1-22(2,16-29-21-8-6-7-11-28-21)19-14-18(30-24-19)15-20(26)23(3,4)25(5)17-9-12-27-13-10-17/h14,17,21H,6-13,15-16H2,1-5H3. The molecule has 2 fully saturated rings. The lowest BCUT2D eigenvalue weighted by Crippen LogP contribution is -2.54. The van der Waals surface area contributed by atoms with Crippen molar-refractivity contribution in [2.45, 2.75) is 89.5 Å². The first-order chi connectivity index (χ1) is 14.2. The molecule has 2 aliphatic rings. The molecule has 0 N–H and O–H groups in total. The van der Waals surface area contributed by atoms with Crippen molar-refractivity contribution in [3.63, 3.8) is 0 Å². The molecule has 0 aliphatic carbocycles. The molecule has 7 heteroatoms. The molecule has 1 aromatic heterocycles. The molecule has 30 heavy (non-hydrogen) atoms. The summed E-state index contributed by atoms with van der Waals surface area (Å²) in [4.78, 5) is 15.3. The van der Waals surface area contributed by atoms with E-state index in [1.165, 1.54) is 0 Å². The Kier molecular flexibility index (Phi) is 7.71. The molecule has 1 atom stereocenters. The van der Waals surface area contributed by atoms with Crippen LogP contribution in [0.5, 0.6) is 0 Å². The van der Waals surface area contributed by atoms with Crippen LogP contribution in [0.15, 0.2) is 10.6 Å². The smallest absolute Gasteiger partial charge is 0.160 e. The van der Waals surface area contributed by atoms with Crippen LogP contribution in [0.25, 0.3) is 0 Å². The van der Waals surface area contributed by atoms with Gasteiger partial charge in [0.2, 0.25) is 0 Å². The fraction of sp³-hybridized carbons (Fsp3) is 0.826. The Hall–Kier alpha value is -1.28. The zero-order valence-corrected chi connectivity index (χ0v) is 19.2. The molecule has 0 amide bonds. The summed E-state index contributed by atoms with van der Waals surface area (Å²) >= 11 is 0. The minimum atomic E-state index is -0.577. The average Bonchev–Trinajstić information content (AvgIpc) is 3.22.